The number of carboxylic acids is 1. The van der Waals surface area contributed by atoms with Crippen molar-refractivity contribution in [3.05, 3.63) is 93.1 Å². The smallest absolute Gasteiger partial charge is 0.308 e. The third-order valence-electron chi connectivity index (χ3n) is 6.87. The number of aryl methyl sites for hydroxylation is 2. The first-order chi connectivity index (χ1) is 17.7. The quantitative estimate of drug-likeness (QED) is 0.330. The van der Waals surface area contributed by atoms with E-state index in [0.29, 0.717) is 18.2 Å². The zero-order valence-corrected chi connectivity index (χ0v) is 21.9. The lowest BCUT2D eigenvalue weighted by Crippen LogP contribution is -2.21. The lowest BCUT2D eigenvalue weighted by molar-refractivity contribution is -0.141. The van der Waals surface area contributed by atoms with Crippen LogP contribution in [0.3, 0.4) is 0 Å². The van der Waals surface area contributed by atoms with Gasteiger partial charge in [-0.25, -0.2) is 4.39 Å². The van der Waals surface area contributed by atoms with Gasteiger partial charge in [0.05, 0.1) is 11.6 Å². The normalized spacial score (nSPS) is 15.4. The molecule has 2 atom stereocenters. The first-order valence-corrected chi connectivity index (χ1v) is 13.0. The predicted molar refractivity (Wildman–Crippen MR) is 144 cm³/mol. The molecule has 3 heterocycles. The first kappa shape index (κ1) is 24.8. The monoisotopic (exact) mass is 517 g/mol. The highest BCUT2D eigenvalue weighted by atomic mass is 32.1. The van der Waals surface area contributed by atoms with Gasteiger partial charge in [-0.1, -0.05) is 24.3 Å². The van der Waals surface area contributed by atoms with Crippen LogP contribution < -0.4 is 5.32 Å². The summed E-state index contributed by atoms with van der Waals surface area (Å²) in [7, 11) is 0. The number of aliphatic carboxylic acids is 1. The number of aliphatic imine (C=N–C) groups is 1. The van der Waals surface area contributed by atoms with Gasteiger partial charge in [-0.05, 0) is 69.5 Å². The van der Waals surface area contributed by atoms with Crippen molar-refractivity contribution in [2.24, 2.45) is 10.9 Å². The number of fused-ring (bicyclic) bond motifs is 3. The number of carboxylic acid groups (broad SMARTS) is 1. The maximum atomic E-state index is 13.1. The number of anilines is 1. The van der Waals surface area contributed by atoms with Crippen LogP contribution in [0.2, 0.25) is 0 Å². The summed E-state index contributed by atoms with van der Waals surface area (Å²) in [6.45, 7) is 8.41. The van der Waals surface area contributed by atoms with Crippen LogP contribution in [-0.2, 0) is 11.2 Å². The van der Waals surface area contributed by atoms with Crippen molar-refractivity contribution < 1.29 is 14.3 Å². The number of thiophene rings is 1. The molecule has 0 amide bonds. The van der Waals surface area contributed by atoms with Crippen molar-refractivity contribution in [1.29, 1.82) is 0 Å². The second-order valence-electron chi connectivity index (χ2n) is 9.33. The third-order valence-corrected chi connectivity index (χ3v) is 8.06. The van der Waals surface area contributed by atoms with E-state index in [2.05, 4.69) is 29.4 Å². The fourth-order valence-electron chi connectivity index (χ4n) is 4.57. The van der Waals surface area contributed by atoms with Crippen molar-refractivity contribution >= 4 is 28.7 Å². The highest BCUT2D eigenvalue weighted by molar-refractivity contribution is 7.15. The number of carbonyl (C=O) groups is 1. The first-order valence-electron chi connectivity index (χ1n) is 12.2. The largest absolute Gasteiger partial charge is 0.481 e. The predicted octanol–water partition coefficient (Wildman–Crippen LogP) is 5.66. The van der Waals surface area contributed by atoms with Crippen LogP contribution in [0.4, 0.5) is 10.1 Å². The van der Waals surface area contributed by atoms with Crippen LogP contribution in [0.1, 0.15) is 51.7 Å². The van der Waals surface area contributed by atoms with Gasteiger partial charge in [0.25, 0.3) is 0 Å². The Morgan fingerprint density at radius 1 is 1.11 bits per heavy atom. The molecule has 0 aliphatic carbocycles. The van der Waals surface area contributed by atoms with Crippen LogP contribution >= 0.6 is 11.3 Å². The van der Waals surface area contributed by atoms with Gasteiger partial charge in [-0.2, -0.15) is 0 Å². The molecule has 190 valence electrons. The number of nitrogens with one attached hydrogen (secondary N) is 1. The van der Waals surface area contributed by atoms with Gasteiger partial charge < -0.3 is 10.4 Å². The summed E-state index contributed by atoms with van der Waals surface area (Å²) in [5.74, 6) is -0.691. The maximum Gasteiger partial charge on any atom is 0.308 e. The number of hydrogen-bond acceptors (Lipinski definition) is 6. The zero-order chi connectivity index (χ0) is 26.3. The fourth-order valence-corrected chi connectivity index (χ4v) is 5.78. The van der Waals surface area contributed by atoms with Gasteiger partial charge in [0.1, 0.15) is 22.7 Å². The standard InChI is InChI=1S/C28H28FN5O2S/c1-15-17(3)37-27-23(15)25(31-24(16(2)28(35)36)26-33-32-18(4)34(26)27)20-7-11-22(12-8-20)30-14-13-19-5-9-21(29)10-6-19/h5-12,16,24,30H,13-14H2,1-4H3,(H,35,36)/t16?,24-/m0/s1. The molecule has 0 bridgehead atoms. The molecule has 4 aromatic rings. The van der Waals surface area contributed by atoms with Crippen molar-refractivity contribution in [2.75, 3.05) is 11.9 Å². The number of nitrogens with zero attached hydrogens (tertiary/aromatic N) is 4. The van der Waals surface area contributed by atoms with E-state index in [9.17, 15) is 14.3 Å². The molecule has 2 N–H and O–H groups in total. The minimum Gasteiger partial charge on any atom is -0.481 e. The Hall–Kier alpha value is -3.85. The molecule has 0 spiro atoms. The van der Waals surface area contributed by atoms with Crippen LogP contribution in [0.15, 0.2) is 53.5 Å². The van der Waals surface area contributed by atoms with Crippen molar-refractivity contribution in [2.45, 2.75) is 40.2 Å². The molecule has 7 nitrogen and oxygen atoms in total. The van der Waals surface area contributed by atoms with Gasteiger partial charge in [-0.3, -0.25) is 14.4 Å². The molecular weight excluding hydrogens is 489 g/mol. The average Bonchev–Trinajstić information content (AvgIpc) is 3.35. The van der Waals surface area contributed by atoms with Crippen LogP contribution in [0, 0.1) is 32.5 Å². The molecule has 5 rings (SSSR count). The number of benzene rings is 2. The molecule has 1 unspecified atom stereocenters. The van der Waals surface area contributed by atoms with E-state index in [0.717, 1.165) is 45.1 Å². The molecule has 0 saturated heterocycles. The summed E-state index contributed by atoms with van der Waals surface area (Å²) in [5, 5.41) is 22.9. The molecular formula is C28H28FN5O2S. The number of rotatable bonds is 7. The highest BCUT2D eigenvalue weighted by Crippen LogP contribution is 2.40. The van der Waals surface area contributed by atoms with Gasteiger partial charge in [-0.15, -0.1) is 21.5 Å². The number of aromatic nitrogens is 3. The molecule has 0 radical (unpaired) electrons. The van der Waals surface area contributed by atoms with E-state index >= 15 is 0 Å². The van der Waals surface area contributed by atoms with Gasteiger partial charge in [0.2, 0.25) is 0 Å². The van der Waals surface area contributed by atoms with Crippen molar-refractivity contribution in [3.63, 3.8) is 0 Å². The summed E-state index contributed by atoms with van der Waals surface area (Å²) in [4.78, 5) is 18.2. The molecule has 1 aliphatic heterocycles. The SMILES string of the molecule is Cc1sc2c(c1C)C(c1ccc(NCCc3ccc(F)cc3)cc1)=N[C@@H](C(C)C(=O)O)c1nnc(C)n1-2. The second-order valence-corrected chi connectivity index (χ2v) is 10.5. The van der Waals surface area contributed by atoms with E-state index < -0.39 is 17.9 Å². The molecule has 9 heteroatoms. The summed E-state index contributed by atoms with van der Waals surface area (Å²) >= 11 is 1.64. The fraction of sp³-hybridized carbons (Fsp3) is 0.286. The minimum atomic E-state index is -0.931. The summed E-state index contributed by atoms with van der Waals surface area (Å²) in [6, 6.07) is 13.9. The second kappa shape index (κ2) is 9.89. The lowest BCUT2D eigenvalue weighted by Gasteiger charge is -2.16. The van der Waals surface area contributed by atoms with Gasteiger partial charge >= 0.3 is 5.97 Å². The maximum absolute atomic E-state index is 13.1. The average molecular weight is 518 g/mol. The molecule has 0 saturated carbocycles. The van der Waals surface area contributed by atoms with Crippen LogP contribution in [-0.4, -0.2) is 38.1 Å². The summed E-state index contributed by atoms with van der Waals surface area (Å²) < 4.78 is 15.1. The molecule has 2 aromatic heterocycles. The van der Waals surface area contributed by atoms with Crippen molar-refractivity contribution in [3.8, 4) is 5.00 Å². The molecule has 37 heavy (non-hydrogen) atoms. The van der Waals surface area contributed by atoms with E-state index in [4.69, 9.17) is 4.99 Å². The number of hydrogen-bond donors (Lipinski definition) is 2. The highest BCUT2D eigenvalue weighted by Gasteiger charge is 2.36. The minimum absolute atomic E-state index is 0.233. The topological polar surface area (TPSA) is 92.4 Å². The Morgan fingerprint density at radius 2 is 1.81 bits per heavy atom. The molecule has 1 aliphatic rings. The Balaban J connectivity index is 1.49. The molecule has 2 aromatic carbocycles. The van der Waals surface area contributed by atoms with Gasteiger partial charge in [0, 0.05) is 28.2 Å². The van der Waals surface area contributed by atoms with Gasteiger partial charge in [0.15, 0.2) is 5.82 Å². The summed E-state index contributed by atoms with van der Waals surface area (Å²) in [5.41, 5.74) is 5.80. The summed E-state index contributed by atoms with van der Waals surface area (Å²) in [6.07, 6.45) is 0.777. The number of halogens is 1. The Labute approximate surface area is 218 Å². The van der Waals surface area contributed by atoms with E-state index in [1.807, 2.05) is 35.8 Å². The Bertz CT molecular complexity index is 1490. The van der Waals surface area contributed by atoms with Crippen LogP contribution in [0.25, 0.3) is 5.00 Å². The van der Waals surface area contributed by atoms with E-state index in [1.54, 1.807) is 30.4 Å². The third kappa shape index (κ3) is 4.67. The Kier molecular flexibility index (Phi) is 6.64. The van der Waals surface area contributed by atoms with Crippen LogP contribution in [0.5, 0.6) is 0 Å². The van der Waals surface area contributed by atoms with E-state index in [1.165, 1.54) is 17.0 Å². The molecule has 0 fully saturated rings. The lowest BCUT2D eigenvalue weighted by atomic mass is 9.98. The zero-order valence-electron chi connectivity index (χ0n) is 21.1. The van der Waals surface area contributed by atoms with E-state index in [-0.39, 0.29) is 5.82 Å². The van der Waals surface area contributed by atoms with Crippen molar-refractivity contribution in [1.82, 2.24) is 14.8 Å². The Morgan fingerprint density at radius 3 is 2.49 bits per heavy atom.